The van der Waals surface area contributed by atoms with Crippen LogP contribution in [0.2, 0.25) is 0 Å². The number of para-hydroxylation sites is 1. The van der Waals surface area contributed by atoms with Crippen molar-refractivity contribution in [3.8, 4) is 5.75 Å². The highest BCUT2D eigenvalue weighted by Gasteiger charge is 2.04. The predicted molar refractivity (Wildman–Crippen MR) is 132 cm³/mol. The minimum absolute atomic E-state index is 0.121. The molecule has 0 spiro atoms. The zero-order chi connectivity index (χ0) is 23.1. The molecular weight excluding hydrogens is 400 g/mol. The van der Waals surface area contributed by atoms with Gasteiger partial charge in [0.1, 0.15) is 5.75 Å². The van der Waals surface area contributed by atoms with Crippen LogP contribution in [0.1, 0.15) is 128 Å². The summed E-state index contributed by atoms with van der Waals surface area (Å²) in [5, 5.41) is 8.60. The lowest BCUT2D eigenvalue weighted by Gasteiger charge is -2.05. The van der Waals surface area contributed by atoms with Gasteiger partial charge >= 0.3 is 11.9 Å². The maximum atomic E-state index is 11.8. The Hall–Kier alpha value is -1.84. The van der Waals surface area contributed by atoms with Gasteiger partial charge in [0.05, 0.1) is 0 Å². The quantitative estimate of drug-likeness (QED) is 0.110. The second-order valence-corrected chi connectivity index (χ2v) is 9.04. The zero-order valence-electron chi connectivity index (χ0n) is 20.2. The second kappa shape index (κ2) is 21.0. The number of ether oxygens (including phenoxy) is 1. The maximum Gasteiger partial charge on any atom is 0.311 e. The molecular formula is C28H46O4. The Bertz CT molecular complexity index is 570. The summed E-state index contributed by atoms with van der Waals surface area (Å²) in [5.41, 5.74) is 0. The number of carboxylic acids is 1. The van der Waals surface area contributed by atoms with Crippen molar-refractivity contribution < 1.29 is 19.4 Å². The zero-order valence-corrected chi connectivity index (χ0v) is 20.2. The summed E-state index contributed by atoms with van der Waals surface area (Å²) in [6, 6.07) is 9.30. The van der Waals surface area contributed by atoms with Gasteiger partial charge < -0.3 is 9.84 Å². The van der Waals surface area contributed by atoms with Crippen molar-refractivity contribution in [1.82, 2.24) is 0 Å². The fourth-order valence-electron chi connectivity index (χ4n) is 4.05. The summed E-state index contributed by atoms with van der Waals surface area (Å²) in [6.07, 6.45) is 23.2. The van der Waals surface area contributed by atoms with Crippen molar-refractivity contribution in [2.45, 2.75) is 128 Å². The number of carbonyl (C=O) groups is 2. The first-order valence-electron chi connectivity index (χ1n) is 13.2. The highest BCUT2D eigenvalue weighted by Crippen LogP contribution is 2.15. The van der Waals surface area contributed by atoms with E-state index in [0.717, 1.165) is 25.7 Å². The van der Waals surface area contributed by atoms with Crippen molar-refractivity contribution in [2.75, 3.05) is 0 Å². The average molecular weight is 447 g/mol. The molecule has 0 aliphatic heterocycles. The molecule has 1 N–H and O–H groups in total. The number of unbranched alkanes of at least 4 members (excludes halogenated alkanes) is 17. The van der Waals surface area contributed by atoms with Gasteiger partial charge in [-0.2, -0.15) is 0 Å². The standard InChI is InChI=1S/C28H46O4/c29-27(30)24-20-15-13-11-9-7-5-3-1-2-4-6-8-10-12-14-16-21-25-28(31)32-26-22-18-17-19-23-26/h17-19,22-23H,1-16,20-21,24-25H2,(H,29,30). The maximum absolute atomic E-state index is 11.8. The molecule has 32 heavy (non-hydrogen) atoms. The van der Waals surface area contributed by atoms with Gasteiger partial charge in [0.2, 0.25) is 0 Å². The third-order valence-corrected chi connectivity index (χ3v) is 6.00. The molecule has 0 saturated carbocycles. The van der Waals surface area contributed by atoms with E-state index in [9.17, 15) is 9.59 Å². The minimum atomic E-state index is -0.666. The summed E-state index contributed by atoms with van der Waals surface area (Å²) in [5.74, 6) is -0.149. The van der Waals surface area contributed by atoms with Crippen LogP contribution in [0.25, 0.3) is 0 Å². The molecule has 1 aromatic carbocycles. The number of hydrogen-bond acceptors (Lipinski definition) is 3. The number of benzene rings is 1. The smallest absolute Gasteiger partial charge is 0.311 e. The fourth-order valence-corrected chi connectivity index (χ4v) is 4.05. The number of aliphatic carboxylic acids is 1. The molecule has 0 bridgehead atoms. The van der Waals surface area contributed by atoms with E-state index >= 15 is 0 Å². The van der Waals surface area contributed by atoms with Gasteiger partial charge in [-0.3, -0.25) is 9.59 Å². The highest BCUT2D eigenvalue weighted by atomic mass is 16.5. The molecule has 4 heteroatoms. The van der Waals surface area contributed by atoms with Crippen LogP contribution in [0.15, 0.2) is 30.3 Å². The molecule has 1 rings (SSSR count). The molecule has 0 amide bonds. The van der Waals surface area contributed by atoms with E-state index < -0.39 is 5.97 Å². The molecule has 0 aliphatic carbocycles. The van der Waals surface area contributed by atoms with E-state index in [2.05, 4.69) is 0 Å². The number of rotatable bonds is 22. The van der Waals surface area contributed by atoms with Gasteiger partial charge in [-0.15, -0.1) is 0 Å². The molecule has 1 aromatic rings. The lowest BCUT2D eigenvalue weighted by molar-refractivity contribution is -0.137. The van der Waals surface area contributed by atoms with Crippen molar-refractivity contribution in [1.29, 1.82) is 0 Å². The SMILES string of the molecule is O=C(O)CCCCCCCCCCCCCCCCCCCCC(=O)Oc1ccccc1. The van der Waals surface area contributed by atoms with Gasteiger partial charge in [0, 0.05) is 12.8 Å². The average Bonchev–Trinajstić information content (AvgIpc) is 2.78. The minimum Gasteiger partial charge on any atom is -0.481 e. The molecule has 0 atom stereocenters. The van der Waals surface area contributed by atoms with Gasteiger partial charge in [-0.25, -0.2) is 0 Å². The number of carboxylic acid groups (broad SMARTS) is 1. The summed E-state index contributed by atoms with van der Waals surface area (Å²) < 4.78 is 5.30. The number of carbonyl (C=O) groups excluding carboxylic acids is 1. The Morgan fingerprint density at radius 3 is 1.25 bits per heavy atom. The Morgan fingerprint density at radius 2 is 0.875 bits per heavy atom. The third-order valence-electron chi connectivity index (χ3n) is 6.00. The molecule has 0 saturated heterocycles. The van der Waals surface area contributed by atoms with Crippen molar-refractivity contribution in [2.24, 2.45) is 0 Å². The third kappa shape index (κ3) is 18.9. The van der Waals surface area contributed by atoms with Crippen LogP contribution in [0, 0.1) is 0 Å². The van der Waals surface area contributed by atoms with E-state index in [4.69, 9.17) is 9.84 Å². The lowest BCUT2D eigenvalue weighted by atomic mass is 10.0. The Labute approximate surface area is 196 Å². The van der Waals surface area contributed by atoms with Crippen molar-refractivity contribution in [3.63, 3.8) is 0 Å². The van der Waals surface area contributed by atoms with Gasteiger partial charge in [0.25, 0.3) is 0 Å². The number of hydrogen-bond donors (Lipinski definition) is 1. The first-order chi connectivity index (χ1) is 15.7. The molecule has 0 heterocycles. The molecule has 4 nitrogen and oxygen atoms in total. The highest BCUT2D eigenvalue weighted by molar-refractivity contribution is 5.72. The van der Waals surface area contributed by atoms with Gasteiger partial charge in [-0.1, -0.05) is 121 Å². The second-order valence-electron chi connectivity index (χ2n) is 9.04. The predicted octanol–water partition coefficient (Wildman–Crippen LogP) is 8.48. The largest absolute Gasteiger partial charge is 0.481 e. The van der Waals surface area contributed by atoms with Crippen LogP contribution < -0.4 is 4.74 Å². The molecule has 0 fully saturated rings. The van der Waals surface area contributed by atoms with E-state index in [0.29, 0.717) is 18.6 Å². The molecule has 0 aliphatic rings. The van der Waals surface area contributed by atoms with Crippen LogP contribution in [-0.2, 0) is 9.59 Å². The molecule has 182 valence electrons. The van der Waals surface area contributed by atoms with Crippen molar-refractivity contribution >= 4 is 11.9 Å². The van der Waals surface area contributed by atoms with Crippen LogP contribution in [0.3, 0.4) is 0 Å². The van der Waals surface area contributed by atoms with Gasteiger partial charge in [0.15, 0.2) is 0 Å². The van der Waals surface area contributed by atoms with Crippen LogP contribution >= 0.6 is 0 Å². The van der Waals surface area contributed by atoms with E-state index in [1.165, 1.54) is 89.9 Å². The van der Waals surface area contributed by atoms with E-state index in [1.807, 2.05) is 30.3 Å². The summed E-state index contributed by atoms with van der Waals surface area (Å²) in [6.45, 7) is 0. The topological polar surface area (TPSA) is 63.6 Å². The first-order valence-corrected chi connectivity index (χ1v) is 13.2. The molecule has 0 aromatic heterocycles. The Balaban J connectivity index is 1.71. The Kier molecular flexibility index (Phi) is 18.5. The summed E-state index contributed by atoms with van der Waals surface area (Å²) in [7, 11) is 0. The van der Waals surface area contributed by atoms with Crippen LogP contribution in [0.5, 0.6) is 5.75 Å². The van der Waals surface area contributed by atoms with E-state index in [1.54, 1.807) is 0 Å². The first kappa shape index (κ1) is 28.2. The van der Waals surface area contributed by atoms with Crippen molar-refractivity contribution in [3.05, 3.63) is 30.3 Å². The fraction of sp³-hybridized carbons (Fsp3) is 0.714. The summed E-state index contributed by atoms with van der Waals surface area (Å²) >= 11 is 0. The Morgan fingerprint density at radius 1 is 0.531 bits per heavy atom. The number of esters is 1. The van der Waals surface area contributed by atoms with E-state index in [-0.39, 0.29) is 5.97 Å². The lowest BCUT2D eigenvalue weighted by Crippen LogP contribution is -2.07. The monoisotopic (exact) mass is 446 g/mol. The molecule has 0 radical (unpaired) electrons. The van der Waals surface area contributed by atoms with Crippen LogP contribution in [-0.4, -0.2) is 17.0 Å². The summed E-state index contributed by atoms with van der Waals surface area (Å²) in [4.78, 5) is 22.2. The molecule has 0 unspecified atom stereocenters. The van der Waals surface area contributed by atoms with Crippen LogP contribution in [0.4, 0.5) is 0 Å². The normalized spacial score (nSPS) is 10.9. The van der Waals surface area contributed by atoms with Gasteiger partial charge in [-0.05, 0) is 25.0 Å².